The summed E-state index contributed by atoms with van der Waals surface area (Å²) >= 11 is 0. The minimum Gasteiger partial charge on any atom is -0.343 e. The molecule has 27 heavy (non-hydrogen) atoms. The van der Waals surface area contributed by atoms with Crippen LogP contribution in [0.15, 0.2) is 48.7 Å². The fraction of sp³-hybridized carbons (Fsp3) is 0.455. The van der Waals surface area contributed by atoms with Gasteiger partial charge in [0.1, 0.15) is 5.82 Å². The van der Waals surface area contributed by atoms with E-state index in [1.165, 1.54) is 18.6 Å². The topological polar surface area (TPSA) is 68.0 Å². The number of pyridine rings is 1. The Kier molecular flexibility index (Phi) is 5.21. The predicted molar refractivity (Wildman–Crippen MR) is 102 cm³/mol. The summed E-state index contributed by atoms with van der Waals surface area (Å²) in [7, 11) is 0. The molecule has 0 aliphatic heterocycles. The van der Waals surface area contributed by atoms with Crippen LogP contribution in [-0.4, -0.2) is 16.9 Å². The Balaban J connectivity index is 1.56. The molecule has 142 valence electrons. The Labute approximate surface area is 159 Å². The molecule has 1 amide bonds. The fourth-order valence-corrected chi connectivity index (χ4v) is 4.82. The molecule has 2 aliphatic carbocycles. The second kappa shape index (κ2) is 7.77. The molecule has 5 heteroatoms. The van der Waals surface area contributed by atoms with Crippen molar-refractivity contribution in [3.8, 4) is 0 Å². The largest absolute Gasteiger partial charge is 0.343 e. The van der Waals surface area contributed by atoms with Gasteiger partial charge in [-0.15, -0.1) is 0 Å². The standard InChI is InChI=1S/C22H26FN3O/c23-18-8-4-7-16(13-18)21(19-9-1-2-10-25-19)26-22(27)17-11-14-5-3-6-15(12-17)20(14)24/h1-2,4,7-10,13-15,17,20-21H,3,5-6,11-12,24H2,(H,26,27). The molecule has 1 heterocycles. The number of halogens is 1. The van der Waals surface area contributed by atoms with Gasteiger partial charge in [-0.3, -0.25) is 9.78 Å². The number of rotatable bonds is 4. The normalized spacial score (nSPS) is 28.4. The van der Waals surface area contributed by atoms with Crippen LogP contribution < -0.4 is 11.1 Å². The minimum atomic E-state index is -0.454. The molecule has 3 unspecified atom stereocenters. The first-order valence-corrected chi connectivity index (χ1v) is 9.84. The van der Waals surface area contributed by atoms with Crippen molar-refractivity contribution < 1.29 is 9.18 Å². The molecular formula is C22H26FN3O. The summed E-state index contributed by atoms with van der Waals surface area (Å²) in [6.45, 7) is 0. The lowest BCUT2D eigenvalue weighted by molar-refractivity contribution is -0.128. The molecule has 3 atom stereocenters. The smallest absolute Gasteiger partial charge is 0.223 e. The van der Waals surface area contributed by atoms with Gasteiger partial charge in [0.2, 0.25) is 5.91 Å². The lowest BCUT2D eigenvalue weighted by Gasteiger charge is -2.43. The van der Waals surface area contributed by atoms with Crippen molar-refractivity contribution in [2.75, 3.05) is 0 Å². The minimum absolute atomic E-state index is 0.0266. The maximum absolute atomic E-state index is 13.8. The number of nitrogens with one attached hydrogen (secondary N) is 1. The van der Waals surface area contributed by atoms with Gasteiger partial charge in [0.15, 0.2) is 0 Å². The zero-order valence-corrected chi connectivity index (χ0v) is 15.4. The van der Waals surface area contributed by atoms with Crippen LogP contribution in [0.2, 0.25) is 0 Å². The molecule has 0 radical (unpaired) electrons. The summed E-state index contributed by atoms with van der Waals surface area (Å²) in [5.74, 6) is 0.561. The Bertz CT molecular complexity index is 783. The van der Waals surface area contributed by atoms with Crippen molar-refractivity contribution in [1.82, 2.24) is 10.3 Å². The van der Waals surface area contributed by atoms with Crippen molar-refractivity contribution >= 4 is 5.91 Å². The van der Waals surface area contributed by atoms with E-state index in [1.54, 1.807) is 12.3 Å². The van der Waals surface area contributed by atoms with Gasteiger partial charge in [0, 0.05) is 18.2 Å². The quantitative estimate of drug-likeness (QED) is 0.868. The summed E-state index contributed by atoms with van der Waals surface area (Å²) in [6.07, 6.45) is 6.85. The molecule has 4 rings (SSSR count). The number of aromatic nitrogens is 1. The van der Waals surface area contributed by atoms with E-state index in [0.717, 1.165) is 25.7 Å². The van der Waals surface area contributed by atoms with E-state index in [9.17, 15) is 9.18 Å². The number of carbonyl (C=O) groups is 1. The summed E-state index contributed by atoms with van der Waals surface area (Å²) in [5.41, 5.74) is 7.78. The van der Waals surface area contributed by atoms with Crippen molar-refractivity contribution in [2.45, 2.75) is 44.2 Å². The average molecular weight is 367 g/mol. The van der Waals surface area contributed by atoms with E-state index in [2.05, 4.69) is 10.3 Å². The lowest BCUT2D eigenvalue weighted by Crippen LogP contribution is -2.49. The van der Waals surface area contributed by atoms with E-state index in [0.29, 0.717) is 23.1 Å². The van der Waals surface area contributed by atoms with E-state index in [4.69, 9.17) is 5.73 Å². The van der Waals surface area contributed by atoms with Crippen molar-refractivity contribution in [3.05, 3.63) is 65.7 Å². The van der Waals surface area contributed by atoms with Gasteiger partial charge in [-0.2, -0.15) is 0 Å². The maximum Gasteiger partial charge on any atom is 0.223 e. The van der Waals surface area contributed by atoms with Crippen LogP contribution in [0, 0.1) is 23.6 Å². The summed E-state index contributed by atoms with van der Waals surface area (Å²) < 4.78 is 13.8. The van der Waals surface area contributed by atoms with Crippen molar-refractivity contribution in [1.29, 1.82) is 0 Å². The Hall–Kier alpha value is -2.27. The fourth-order valence-electron chi connectivity index (χ4n) is 4.82. The van der Waals surface area contributed by atoms with Crippen LogP contribution in [0.25, 0.3) is 0 Å². The first-order valence-electron chi connectivity index (χ1n) is 9.84. The molecule has 1 aromatic heterocycles. The third kappa shape index (κ3) is 3.88. The second-order valence-corrected chi connectivity index (χ2v) is 7.95. The van der Waals surface area contributed by atoms with Crippen LogP contribution >= 0.6 is 0 Å². The third-order valence-electron chi connectivity index (χ3n) is 6.24. The number of nitrogens with two attached hydrogens (primary N) is 1. The molecular weight excluding hydrogens is 341 g/mol. The molecule has 2 bridgehead atoms. The Morgan fingerprint density at radius 1 is 1.15 bits per heavy atom. The third-order valence-corrected chi connectivity index (χ3v) is 6.24. The van der Waals surface area contributed by atoms with Crippen LogP contribution in [0.1, 0.15) is 49.4 Å². The molecule has 2 saturated carbocycles. The van der Waals surface area contributed by atoms with Crippen molar-refractivity contribution in [2.24, 2.45) is 23.5 Å². The number of carbonyl (C=O) groups excluding carboxylic acids is 1. The van der Waals surface area contributed by atoms with E-state index < -0.39 is 6.04 Å². The van der Waals surface area contributed by atoms with Gasteiger partial charge in [-0.05, 0) is 67.3 Å². The van der Waals surface area contributed by atoms with Gasteiger partial charge in [0.05, 0.1) is 11.7 Å². The zero-order valence-electron chi connectivity index (χ0n) is 15.4. The highest BCUT2D eigenvalue weighted by Crippen LogP contribution is 2.42. The van der Waals surface area contributed by atoms with Gasteiger partial charge in [-0.25, -0.2) is 4.39 Å². The van der Waals surface area contributed by atoms with Gasteiger partial charge >= 0.3 is 0 Å². The summed E-state index contributed by atoms with van der Waals surface area (Å²) in [5, 5.41) is 3.14. The predicted octanol–water partition coefficient (Wildman–Crippen LogP) is 3.58. The molecule has 2 aromatic rings. The lowest BCUT2D eigenvalue weighted by atomic mass is 9.65. The van der Waals surface area contributed by atoms with Crippen LogP contribution in [0.4, 0.5) is 4.39 Å². The van der Waals surface area contributed by atoms with E-state index >= 15 is 0 Å². The monoisotopic (exact) mass is 367 g/mol. The Morgan fingerprint density at radius 3 is 2.59 bits per heavy atom. The SMILES string of the molecule is NC1C2CCCC1CC(C(=O)NC(c1cccc(F)c1)c1ccccn1)C2. The molecule has 1 aromatic carbocycles. The zero-order chi connectivity index (χ0) is 18.8. The number of benzene rings is 1. The Morgan fingerprint density at radius 2 is 1.93 bits per heavy atom. The van der Waals surface area contributed by atoms with Gasteiger partial charge in [0.25, 0.3) is 0 Å². The molecule has 2 fully saturated rings. The number of fused-ring (bicyclic) bond motifs is 2. The van der Waals surface area contributed by atoms with Crippen LogP contribution in [0.5, 0.6) is 0 Å². The molecule has 0 saturated heterocycles. The molecule has 0 spiro atoms. The average Bonchev–Trinajstić information content (AvgIpc) is 2.66. The highest BCUT2D eigenvalue weighted by Gasteiger charge is 2.41. The highest BCUT2D eigenvalue weighted by atomic mass is 19.1. The summed E-state index contributed by atoms with van der Waals surface area (Å²) in [4.78, 5) is 17.5. The molecule has 4 nitrogen and oxygen atoms in total. The van der Waals surface area contributed by atoms with Crippen LogP contribution in [-0.2, 0) is 4.79 Å². The van der Waals surface area contributed by atoms with E-state index in [1.807, 2.05) is 24.3 Å². The van der Waals surface area contributed by atoms with Gasteiger partial charge < -0.3 is 11.1 Å². The highest BCUT2D eigenvalue weighted by molar-refractivity contribution is 5.79. The van der Waals surface area contributed by atoms with E-state index in [-0.39, 0.29) is 23.7 Å². The number of amides is 1. The van der Waals surface area contributed by atoms with Gasteiger partial charge in [-0.1, -0.05) is 24.6 Å². The first kappa shape index (κ1) is 18.1. The van der Waals surface area contributed by atoms with Crippen molar-refractivity contribution in [3.63, 3.8) is 0 Å². The molecule has 2 aliphatic rings. The number of hydrogen-bond donors (Lipinski definition) is 2. The summed E-state index contributed by atoms with van der Waals surface area (Å²) in [6, 6.07) is 11.7. The second-order valence-electron chi connectivity index (χ2n) is 7.95. The van der Waals surface area contributed by atoms with Crippen LogP contribution in [0.3, 0.4) is 0 Å². The molecule has 3 N–H and O–H groups in total. The number of hydrogen-bond acceptors (Lipinski definition) is 3. The number of nitrogens with zero attached hydrogens (tertiary/aromatic N) is 1. The maximum atomic E-state index is 13.8. The first-order chi connectivity index (χ1) is 13.1.